The first-order chi connectivity index (χ1) is 14.3. The molecule has 0 spiro atoms. The van der Waals surface area contributed by atoms with E-state index < -0.39 is 5.72 Å². The molecule has 0 fully saturated rings. The molecule has 0 radical (unpaired) electrons. The summed E-state index contributed by atoms with van der Waals surface area (Å²) in [6.45, 7) is 12.4. The highest BCUT2D eigenvalue weighted by Gasteiger charge is 2.25. The second kappa shape index (κ2) is 13.8. The topological polar surface area (TPSA) is 118 Å². The first-order valence-corrected chi connectivity index (χ1v) is 10.3. The Morgan fingerprint density at radius 1 is 1.23 bits per heavy atom. The predicted molar refractivity (Wildman–Crippen MR) is 117 cm³/mol. The number of hydrogen-bond acceptors (Lipinski definition) is 6. The van der Waals surface area contributed by atoms with Gasteiger partial charge in [-0.05, 0) is 36.6 Å². The van der Waals surface area contributed by atoms with Gasteiger partial charge in [-0.2, -0.15) is 0 Å². The summed E-state index contributed by atoms with van der Waals surface area (Å²) in [5.41, 5.74) is 8.17. The lowest BCUT2D eigenvalue weighted by atomic mass is 10.2. The number of carbonyl (C=O) groups is 1. The Hall–Kier alpha value is -2.32. The number of carbonyl (C=O) groups excluding carboxylic acids is 1. The quantitative estimate of drug-likeness (QED) is 0.194. The molecule has 1 amide bonds. The molecule has 9 heteroatoms. The van der Waals surface area contributed by atoms with Crippen molar-refractivity contribution >= 4 is 5.91 Å². The number of nitrogens with zero attached hydrogens (tertiary/aromatic N) is 3. The largest absolute Gasteiger partial charge is 0.490 e. The molecule has 0 saturated heterocycles. The molecule has 0 aromatic heterocycles. The first-order valence-electron chi connectivity index (χ1n) is 10.3. The van der Waals surface area contributed by atoms with E-state index in [4.69, 9.17) is 19.7 Å². The van der Waals surface area contributed by atoms with Gasteiger partial charge in [-0.25, -0.2) is 0 Å². The van der Waals surface area contributed by atoms with Crippen molar-refractivity contribution in [2.45, 2.75) is 46.4 Å². The second-order valence-corrected chi connectivity index (χ2v) is 7.86. The van der Waals surface area contributed by atoms with Crippen LogP contribution >= 0.6 is 0 Å². The summed E-state index contributed by atoms with van der Waals surface area (Å²) < 4.78 is 16.9. The molecule has 0 bridgehead atoms. The Morgan fingerprint density at radius 3 is 2.67 bits per heavy atom. The highest BCUT2D eigenvalue weighted by Crippen LogP contribution is 2.19. The van der Waals surface area contributed by atoms with E-state index in [0.717, 1.165) is 0 Å². The second-order valence-electron chi connectivity index (χ2n) is 7.86. The highest BCUT2D eigenvalue weighted by atomic mass is 16.6. The fraction of sp³-hybridized carbons (Fsp3) is 0.667. The number of benzene rings is 1. The number of rotatable bonds is 15. The third-order valence-corrected chi connectivity index (χ3v) is 3.91. The van der Waals surface area contributed by atoms with Crippen LogP contribution in [0, 0.1) is 5.92 Å². The average molecular weight is 422 g/mol. The zero-order chi connectivity index (χ0) is 22.4. The summed E-state index contributed by atoms with van der Waals surface area (Å²) in [6.07, 6.45) is 0. The third-order valence-electron chi connectivity index (χ3n) is 3.91. The van der Waals surface area contributed by atoms with Crippen molar-refractivity contribution in [3.8, 4) is 5.75 Å². The van der Waals surface area contributed by atoms with E-state index >= 15 is 0 Å². The van der Waals surface area contributed by atoms with Crippen LogP contribution < -0.4 is 15.4 Å². The molecule has 0 heterocycles. The number of amides is 1. The SMILES string of the molecule is CC(C)COCCOC(C)(COc1cccc(C(=O)NCCNC(C)C)c1)N=[N+]=[N-]. The third kappa shape index (κ3) is 11.0. The van der Waals surface area contributed by atoms with E-state index in [0.29, 0.717) is 49.6 Å². The maximum absolute atomic E-state index is 12.3. The Morgan fingerprint density at radius 2 is 2.00 bits per heavy atom. The average Bonchev–Trinajstić information content (AvgIpc) is 2.69. The Balaban J connectivity index is 2.56. The summed E-state index contributed by atoms with van der Waals surface area (Å²) in [7, 11) is 0. The normalized spacial score (nSPS) is 13.0. The lowest BCUT2D eigenvalue weighted by Crippen LogP contribution is -2.35. The minimum absolute atomic E-state index is 0.00458. The maximum atomic E-state index is 12.3. The van der Waals surface area contributed by atoms with Gasteiger partial charge in [0.2, 0.25) is 0 Å². The standard InChI is InChI=1S/C21H35N5O4/c1-16(2)14-28-11-12-30-21(5,25-26-22)15-29-19-8-6-7-18(13-19)20(27)24-10-9-23-17(3)4/h6-8,13,16-17,23H,9-12,14-15H2,1-5H3,(H,24,27). The van der Waals surface area contributed by atoms with Crippen molar-refractivity contribution in [2.75, 3.05) is 39.5 Å². The van der Waals surface area contributed by atoms with E-state index in [-0.39, 0.29) is 19.1 Å². The van der Waals surface area contributed by atoms with Gasteiger partial charge < -0.3 is 24.8 Å². The van der Waals surface area contributed by atoms with Crippen molar-refractivity contribution in [1.29, 1.82) is 0 Å². The molecule has 2 N–H and O–H groups in total. The van der Waals surface area contributed by atoms with Gasteiger partial charge >= 0.3 is 0 Å². The summed E-state index contributed by atoms with van der Waals surface area (Å²) in [6, 6.07) is 7.20. The molecule has 1 rings (SSSR count). The van der Waals surface area contributed by atoms with Gasteiger partial charge in [0.25, 0.3) is 5.91 Å². The number of hydrogen-bond donors (Lipinski definition) is 2. The fourth-order valence-electron chi connectivity index (χ4n) is 2.42. The molecule has 30 heavy (non-hydrogen) atoms. The molecule has 1 atom stereocenters. The monoisotopic (exact) mass is 421 g/mol. The minimum atomic E-state index is -1.18. The summed E-state index contributed by atoms with van der Waals surface area (Å²) in [5, 5.41) is 9.82. The fourth-order valence-corrected chi connectivity index (χ4v) is 2.42. The van der Waals surface area contributed by atoms with Gasteiger partial charge in [0.05, 0.1) is 13.2 Å². The molecular weight excluding hydrogens is 386 g/mol. The van der Waals surface area contributed by atoms with E-state index in [1.807, 2.05) is 0 Å². The molecule has 9 nitrogen and oxygen atoms in total. The van der Waals surface area contributed by atoms with E-state index in [1.54, 1.807) is 31.2 Å². The Kier molecular flexibility index (Phi) is 11.8. The predicted octanol–water partition coefficient (Wildman–Crippen LogP) is 3.51. The first kappa shape index (κ1) is 25.7. The van der Waals surface area contributed by atoms with Crippen LogP contribution in [-0.4, -0.2) is 57.2 Å². The lowest BCUT2D eigenvalue weighted by molar-refractivity contribution is -0.0762. The van der Waals surface area contributed by atoms with Crippen LogP contribution in [-0.2, 0) is 9.47 Å². The smallest absolute Gasteiger partial charge is 0.251 e. The van der Waals surface area contributed by atoms with Crippen molar-refractivity contribution in [3.05, 3.63) is 40.3 Å². The number of nitrogens with one attached hydrogen (secondary N) is 2. The van der Waals surface area contributed by atoms with Crippen LogP contribution in [0.5, 0.6) is 5.75 Å². The van der Waals surface area contributed by atoms with Crippen LogP contribution in [0.4, 0.5) is 0 Å². The van der Waals surface area contributed by atoms with Gasteiger partial charge in [-0.1, -0.05) is 38.9 Å². The molecule has 1 aromatic rings. The summed E-state index contributed by atoms with van der Waals surface area (Å²) in [4.78, 5) is 15.2. The Labute approximate surface area is 179 Å². The van der Waals surface area contributed by atoms with E-state index in [9.17, 15) is 4.79 Å². The molecule has 1 aromatic carbocycles. The summed E-state index contributed by atoms with van der Waals surface area (Å²) >= 11 is 0. The minimum Gasteiger partial charge on any atom is -0.490 e. The van der Waals surface area contributed by atoms with Gasteiger partial charge in [-0.3, -0.25) is 4.79 Å². The molecule has 0 saturated carbocycles. The molecule has 0 aliphatic rings. The molecule has 168 valence electrons. The van der Waals surface area contributed by atoms with Crippen LogP contribution in [0.1, 0.15) is 45.0 Å². The molecule has 0 aliphatic carbocycles. The van der Waals surface area contributed by atoms with Crippen molar-refractivity contribution < 1.29 is 19.0 Å². The number of azide groups is 1. The van der Waals surface area contributed by atoms with Gasteiger partial charge in [0.15, 0.2) is 5.72 Å². The van der Waals surface area contributed by atoms with E-state index in [2.05, 4.69) is 48.4 Å². The van der Waals surface area contributed by atoms with Crippen molar-refractivity contribution in [3.63, 3.8) is 0 Å². The lowest BCUT2D eigenvalue weighted by Gasteiger charge is -2.25. The van der Waals surface area contributed by atoms with E-state index in [1.165, 1.54) is 0 Å². The van der Waals surface area contributed by atoms with Crippen LogP contribution in [0.15, 0.2) is 29.4 Å². The zero-order valence-corrected chi connectivity index (χ0v) is 18.7. The van der Waals surface area contributed by atoms with Gasteiger partial charge in [0.1, 0.15) is 12.4 Å². The number of ether oxygens (including phenoxy) is 3. The summed E-state index contributed by atoms with van der Waals surface area (Å²) in [5.74, 6) is 0.747. The van der Waals surface area contributed by atoms with Crippen LogP contribution in [0.3, 0.4) is 0 Å². The van der Waals surface area contributed by atoms with Crippen molar-refractivity contribution in [1.82, 2.24) is 10.6 Å². The van der Waals surface area contributed by atoms with Crippen LogP contribution in [0.2, 0.25) is 0 Å². The molecule has 1 unspecified atom stereocenters. The maximum Gasteiger partial charge on any atom is 0.251 e. The molecule has 0 aliphatic heterocycles. The zero-order valence-electron chi connectivity index (χ0n) is 18.7. The Bertz CT molecular complexity index is 692. The van der Waals surface area contributed by atoms with Gasteiger partial charge in [0, 0.05) is 36.2 Å². The van der Waals surface area contributed by atoms with Crippen LogP contribution in [0.25, 0.3) is 10.4 Å². The molecular formula is C21H35N5O4. The van der Waals surface area contributed by atoms with Gasteiger partial charge in [-0.15, -0.1) is 0 Å². The highest BCUT2D eigenvalue weighted by molar-refractivity contribution is 5.94. The van der Waals surface area contributed by atoms with Crippen molar-refractivity contribution in [2.24, 2.45) is 11.0 Å².